The molecule has 0 radical (unpaired) electrons. The van der Waals surface area contributed by atoms with E-state index in [1.54, 1.807) is 6.07 Å². The van der Waals surface area contributed by atoms with Crippen LogP contribution in [-0.4, -0.2) is 20.2 Å². The fraction of sp³-hybridized carbons (Fsp3) is 0.0714. The van der Waals surface area contributed by atoms with Crippen LogP contribution in [0.25, 0.3) is 5.69 Å². The number of aromatic amines is 1. The van der Waals surface area contributed by atoms with E-state index < -0.39 is 5.69 Å². The van der Waals surface area contributed by atoms with E-state index in [9.17, 15) is 4.79 Å². The molecule has 0 spiro atoms. The van der Waals surface area contributed by atoms with E-state index in [1.807, 2.05) is 30.3 Å². The number of hydrogen-bond donors (Lipinski definition) is 1. The first-order valence-corrected chi connectivity index (χ1v) is 7.07. The number of hydrogen-bond acceptors (Lipinski definition) is 4. The highest BCUT2D eigenvalue weighted by Crippen LogP contribution is 2.32. The van der Waals surface area contributed by atoms with Crippen molar-refractivity contribution in [3.63, 3.8) is 0 Å². The Labute approximate surface area is 135 Å². The predicted octanol–water partition coefficient (Wildman–Crippen LogP) is 2.84. The van der Waals surface area contributed by atoms with Gasteiger partial charge in [-0.25, -0.2) is 9.89 Å². The number of nitrogens with one attached hydrogen (secondary N) is 1. The minimum Gasteiger partial charge on any atom is -0.487 e. The maximum atomic E-state index is 11.6. The summed E-state index contributed by atoms with van der Waals surface area (Å²) >= 11 is 12.2. The second kappa shape index (κ2) is 6.21. The number of halogens is 2. The van der Waals surface area contributed by atoms with E-state index in [4.69, 9.17) is 27.9 Å². The smallest absolute Gasteiger partial charge is 0.365 e. The standard InChI is InChI=1S/C14H10Cl2N4O2/c15-10-6-11(16)13(22-8-9-4-2-1-3-5-9)7-12(10)20-14(21)17-18-19-20/h1-7H,8H2,(H,17,19,21). The molecule has 3 aromatic rings. The van der Waals surface area contributed by atoms with Crippen molar-refractivity contribution < 1.29 is 4.74 Å². The summed E-state index contributed by atoms with van der Waals surface area (Å²) in [6.07, 6.45) is 0. The first kappa shape index (κ1) is 14.6. The second-order valence-corrected chi connectivity index (χ2v) is 5.24. The predicted molar refractivity (Wildman–Crippen MR) is 82.8 cm³/mol. The topological polar surface area (TPSA) is 72.8 Å². The summed E-state index contributed by atoms with van der Waals surface area (Å²) in [5.74, 6) is 0.403. The molecule has 22 heavy (non-hydrogen) atoms. The lowest BCUT2D eigenvalue weighted by Crippen LogP contribution is -2.16. The van der Waals surface area contributed by atoms with E-state index in [0.717, 1.165) is 10.2 Å². The molecule has 0 bridgehead atoms. The average molecular weight is 337 g/mol. The molecule has 0 saturated carbocycles. The summed E-state index contributed by atoms with van der Waals surface area (Å²) in [7, 11) is 0. The Bertz CT molecular complexity index is 846. The van der Waals surface area contributed by atoms with Crippen LogP contribution >= 0.6 is 23.2 Å². The molecule has 8 heteroatoms. The third-order valence-corrected chi connectivity index (χ3v) is 3.54. The van der Waals surface area contributed by atoms with Gasteiger partial charge in [0.15, 0.2) is 0 Å². The van der Waals surface area contributed by atoms with Crippen LogP contribution in [-0.2, 0) is 6.61 Å². The summed E-state index contributed by atoms with van der Waals surface area (Å²) in [5, 5.41) is 9.90. The van der Waals surface area contributed by atoms with Gasteiger partial charge in [-0.1, -0.05) is 53.5 Å². The van der Waals surface area contributed by atoms with Crippen LogP contribution in [0.3, 0.4) is 0 Å². The van der Waals surface area contributed by atoms with Crippen molar-refractivity contribution in [3.8, 4) is 11.4 Å². The van der Waals surface area contributed by atoms with Crippen LogP contribution in [0.4, 0.5) is 0 Å². The van der Waals surface area contributed by atoms with Gasteiger partial charge in [-0.2, -0.15) is 4.68 Å². The van der Waals surface area contributed by atoms with Gasteiger partial charge < -0.3 is 4.74 Å². The van der Waals surface area contributed by atoms with Crippen LogP contribution < -0.4 is 10.4 Å². The quantitative estimate of drug-likeness (QED) is 0.795. The number of rotatable bonds is 4. The maximum absolute atomic E-state index is 11.6. The number of ether oxygens (including phenoxy) is 1. The Morgan fingerprint density at radius 3 is 2.59 bits per heavy atom. The van der Waals surface area contributed by atoms with Gasteiger partial charge in [0.2, 0.25) is 0 Å². The van der Waals surface area contributed by atoms with Crippen molar-refractivity contribution in [3.05, 3.63) is 68.6 Å². The monoisotopic (exact) mass is 336 g/mol. The van der Waals surface area contributed by atoms with Crippen molar-refractivity contribution in [2.24, 2.45) is 0 Å². The zero-order valence-electron chi connectivity index (χ0n) is 11.2. The molecule has 0 amide bonds. The molecule has 0 aliphatic carbocycles. The number of H-pyrrole nitrogens is 1. The first-order valence-electron chi connectivity index (χ1n) is 6.31. The van der Waals surface area contributed by atoms with Crippen molar-refractivity contribution in [1.29, 1.82) is 0 Å². The Morgan fingerprint density at radius 2 is 1.91 bits per heavy atom. The third-order valence-electron chi connectivity index (χ3n) is 2.94. The van der Waals surface area contributed by atoms with Crippen LogP contribution in [0.1, 0.15) is 5.56 Å². The zero-order chi connectivity index (χ0) is 15.5. The largest absolute Gasteiger partial charge is 0.487 e. The summed E-state index contributed by atoms with van der Waals surface area (Å²) in [5.41, 5.74) is 0.833. The second-order valence-electron chi connectivity index (χ2n) is 4.43. The maximum Gasteiger partial charge on any atom is 0.365 e. The fourth-order valence-corrected chi connectivity index (χ4v) is 2.40. The molecule has 1 aromatic heterocycles. The molecule has 6 nitrogen and oxygen atoms in total. The molecule has 3 rings (SSSR count). The SMILES string of the molecule is O=c1[nH]nnn1-c1cc(OCc2ccccc2)c(Cl)cc1Cl. The zero-order valence-corrected chi connectivity index (χ0v) is 12.7. The highest BCUT2D eigenvalue weighted by Gasteiger charge is 2.13. The van der Waals surface area contributed by atoms with Gasteiger partial charge in [0.1, 0.15) is 12.4 Å². The summed E-state index contributed by atoms with van der Waals surface area (Å²) in [6, 6.07) is 12.7. The third kappa shape index (κ3) is 2.98. The lowest BCUT2D eigenvalue weighted by molar-refractivity contribution is 0.306. The number of tetrazole rings is 1. The lowest BCUT2D eigenvalue weighted by atomic mass is 10.2. The van der Waals surface area contributed by atoms with Gasteiger partial charge >= 0.3 is 5.69 Å². The van der Waals surface area contributed by atoms with E-state index in [2.05, 4.69) is 15.5 Å². The Hall–Kier alpha value is -2.31. The molecule has 0 fully saturated rings. The van der Waals surface area contributed by atoms with Crippen LogP contribution in [0.15, 0.2) is 47.3 Å². The highest BCUT2D eigenvalue weighted by molar-refractivity contribution is 6.36. The van der Waals surface area contributed by atoms with E-state index in [-0.39, 0.29) is 5.02 Å². The normalized spacial score (nSPS) is 10.6. The summed E-state index contributed by atoms with van der Waals surface area (Å²) < 4.78 is 6.73. The van der Waals surface area contributed by atoms with Crippen molar-refractivity contribution in [2.45, 2.75) is 6.61 Å². The van der Waals surface area contributed by atoms with E-state index in [0.29, 0.717) is 23.1 Å². The molecular formula is C14H10Cl2N4O2. The van der Waals surface area contributed by atoms with E-state index in [1.165, 1.54) is 6.07 Å². The van der Waals surface area contributed by atoms with E-state index >= 15 is 0 Å². The van der Waals surface area contributed by atoms with Crippen molar-refractivity contribution >= 4 is 23.2 Å². The Kier molecular flexibility index (Phi) is 4.13. The van der Waals surface area contributed by atoms with Crippen LogP contribution in [0.5, 0.6) is 5.75 Å². The molecule has 0 unspecified atom stereocenters. The molecule has 0 saturated heterocycles. The molecule has 0 aliphatic heterocycles. The lowest BCUT2D eigenvalue weighted by Gasteiger charge is -2.11. The molecular weight excluding hydrogens is 327 g/mol. The molecule has 0 atom stereocenters. The number of nitrogens with zero attached hydrogens (tertiary/aromatic N) is 3. The van der Waals surface area contributed by atoms with Gasteiger partial charge in [0, 0.05) is 6.07 Å². The molecule has 2 aromatic carbocycles. The molecule has 1 N–H and O–H groups in total. The fourth-order valence-electron chi connectivity index (χ4n) is 1.88. The molecule has 0 aliphatic rings. The van der Waals surface area contributed by atoms with Gasteiger partial charge in [0.25, 0.3) is 0 Å². The van der Waals surface area contributed by atoms with Gasteiger partial charge in [-0.15, -0.1) is 0 Å². The summed E-state index contributed by atoms with van der Waals surface area (Å²) in [4.78, 5) is 11.6. The first-order chi connectivity index (χ1) is 10.6. The Balaban J connectivity index is 1.92. The minimum absolute atomic E-state index is 0.271. The van der Waals surface area contributed by atoms with Gasteiger partial charge in [-0.3, -0.25) is 0 Å². The highest BCUT2D eigenvalue weighted by atomic mass is 35.5. The number of aromatic nitrogens is 4. The van der Waals surface area contributed by atoms with Crippen LogP contribution in [0, 0.1) is 0 Å². The molecule has 1 heterocycles. The van der Waals surface area contributed by atoms with Crippen LogP contribution in [0.2, 0.25) is 10.0 Å². The molecule has 112 valence electrons. The Morgan fingerprint density at radius 1 is 1.14 bits per heavy atom. The average Bonchev–Trinajstić information content (AvgIpc) is 2.93. The summed E-state index contributed by atoms with van der Waals surface area (Å²) in [6.45, 7) is 0.343. The number of benzene rings is 2. The van der Waals surface area contributed by atoms with Gasteiger partial charge in [-0.05, 0) is 22.1 Å². The van der Waals surface area contributed by atoms with Gasteiger partial charge in [0.05, 0.1) is 15.7 Å². The van der Waals surface area contributed by atoms with Crippen molar-refractivity contribution in [1.82, 2.24) is 20.2 Å². The van der Waals surface area contributed by atoms with Crippen molar-refractivity contribution in [2.75, 3.05) is 0 Å². The minimum atomic E-state index is -0.502.